The topological polar surface area (TPSA) is 114 Å². The number of alkyl halides is 3. The van der Waals surface area contributed by atoms with Crippen LogP contribution in [0.3, 0.4) is 0 Å². The third-order valence-electron chi connectivity index (χ3n) is 4.80. The van der Waals surface area contributed by atoms with E-state index in [0.717, 1.165) is 31.0 Å². The quantitative estimate of drug-likeness (QED) is 0.498. The first-order valence-electron chi connectivity index (χ1n) is 9.97. The molecule has 0 bridgehead atoms. The number of anilines is 1. The van der Waals surface area contributed by atoms with Crippen molar-refractivity contribution in [2.45, 2.75) is 36.9 Å². The van der Waals surface area contributed by atoms with Crippen LogP contribution in [0.5, 0.6) is 0 Å². The Kier molecular flexibility index (Phi) is 7.28. The van der Waals surface area contributed by atoms with E-state index < -0.39 is 39.7 Å². The molecule has 0 aromatic heterocycles. The number of hydrogen-bond donors (Lipinski definition) is 3. The third-order valence-corrected chi connectivity index (χ3v) is 6.17. The minimum atomic E-state index is -4.63. The Morgan fingerprint density at radius 2 is 1.79 bits per heavy atom. The van der Waals surface area contributed by atoms with E-state index in [9.17, 15) is 31.2 Å². The molecule has 2 amide bonds. The van der Waals surface area contributed by atoms with Crippen LogP contribution in [0.15, 0.2) is 53.4 Å². The normalized spacial score (nSPS) is 14.9. The van der Waals surface area contributed by atoms with Gasteiger partial charge in [-0.3, -0.25) is 25.2 Å². The van der Waals surface area contributed by atoms with Crippen molar-refractivity contribution in [1.82, 2.24) is 10.9 Å². The van der Waals surface area contributed by atoms with Gasteiger partial charge in [0.25, 0.3) is 21.8 Å². The molecule has 2 aromatic rings. The highest BCUT2D eigenvalue weighted by molar-refractivity contribution is 7.92. The Bertz CT molecular complexity index is 1130. The molecule has 12 heteroatoms. The fourth-order valence-corrected chi connectivity index (χ4v) is 3.81. The summed E-state index contributed by atoms with van der Waals surface area (Å²) in [6.07, 6.45) is -3.29. The Labute approximate surface area is 188 Å². The number of nitrogens with one attached hydrogen (secondary N) is 3. The molecule has 1 saturated carbocycles. The molecule has 0 aliphatic heterocycles. The summed E-state index contributed by atoms with van der Waals surface area (Å²) in [7, 11) is -4.29. The number of halogens is 3. The van der Waals surface area contributed by atoms with Crippen molar-refractivity contribution >= 4 is 27.5 Å². The highest BCUT2D eigenvalue weighted by Gasteiger charge is 2.31. The zero-order valence-corrected chi connectivity index (χ0v) is 18.3. The second kappa shape index (κ2) is 9.79. The van der Waals surface area contributed by atoms with Crippen LogP contribution in [0.1, 0.15) is 35.7 Å². The van der Waals surface area contributed by atoms with Crippen LogP contribution in [-0.2, 0) is 25.7 Å². The number of carbonyl (C=O) groups excluding carboxylic acids is 2. The highest BCUT2D eigenvalue weighted by Crippen LogP contribution is 2.31. The molecule has 0 heterocycles. The van der Waals surface area contributed by atoms with Crippen molar-refractivity contribution in [3.8, 4) is 0 Å². The lowest BCUT2D eigenvalue weighted by Gasteiger charge is -2.14. The van der Waals surface area contributed by atoms with Crippen LogP contribution in [-0.4, -0.2) is 32.9 Å². The number of hydrazine groups is 1. The van der Waals surface area contributed by atoms with Crippen LogP contribution in [0.2, 0.25) is 0 Å². The maximum absolute atomic E-state index is 12.9. The molecular formula is C21H22F3N3O5S. The first kappa shape index (κ1) is 24.5. The van der Waals surface area contributed by atoms with Crippen LogP contribution >= 0.6 is 0 Å². The van der Waals surface area contributed by atoms with Gasteiger partial charge in [0.2, 0.25) is 0 Å². The van der Waals surface area contributed by atoms with E-state index in [1.165, 1.54) is 31.2 Å². The SMILES string of the molecule is CC(OCC1CC1)C(=O)NNC(=O)c1cccc(S(=O)(=O)Nc2cccc(C(F)(F)F)c2)c1. The highest BCUT2D eigenvalue weighted by atomic mass is 32.2. The van der Waals surface area contributed by atoms with Gasteiger partial charge in [0, 0.05) is 11.3 Å². The van der Waals surface area contributed by atoms with E-state index >= 15 is 0 Å². The average molecular weight is 485 g/mol. The van der Waals surface area contributed by atoms with Crippen molar-refractivity contribution < 1.29 is 35.9 Å². The number of amides is 2. The number of benzene rings is 2. The van der Waals surface area contributed by atoms with E-state index in [1.54, 1.807) is 0 Å². The van der Waals surface area contributed by atoms with Crippen LogP contribution in [0.25, 0.3) is 0 Å². The van der Waals surface area contributed by atoms with Gasteiger partial charge >= 0.3 is 6.18 Å². The lowest BCUT2D eigenvalue weighted by molar-refractivity contribution is -0.137. The number of hydrogen-bond acceptors (Lipinski definition) is 5. The van der Waals surface area contributed by atoms with Crippen molar-refractivity contribution in [1.29, 1.82) is 0 Å². The van der Waals surface area contributed by atoms with Gasteiger partial charge in [-0.1, -0.05) is 12.1 Å². The van der Waals surface area contributed by atoms with Crippen LogP contribution in [0.4, 0.5) is 18.9 Å². The lowest BCUT2D eigenvalue weighted by atomic mass is 10.2. The average Bonchev–Trinajstić information content (AvgIpc) is 3.59. The predicted octanol–water partition coefficient (Wildman–Crippen LogP) is 3.08. The molecule has 1 aliphatic rings. The first-order chi connectivity index (χ1) is 15.5. The predicted molar refractivity (Wildman–Crippen MR) is 112 cm³/mol. The van der Waals surface area contributed by atoms with Gasteiger partial charge < -0.3 is 4.74 Å². The Morgan fingerprint density at radius 1 is 1.09 bits per heavy atom. The molecule has 1 fully saturated rings. The number of rotatable bonds is 8. The fourth-order valence-electron chi connectivity index (χ4n) is 2.71. The molecule has 0 radical (unpaired) electrons. The molecule has 2 aromatic carbocycles. The fraction of sp³-hybridized carbons (Fsp3) is 0.333. The Morgan fingerprint density at radius 3 is 2.45 bits per heavy atom. The molecule has 1 unspecified atom stereocenters. The summed E-state index contributed by atoms with van der Waals surface area (Å²) in [5, 5.41) is 0. The van der Waals surface area contributed by atoms with Gasteiger partial charge in [0.15, 0.2) is 0 Å². The molecule has 0 saturated heterocycles. The summed E-state index contributed by atoms with van der Waals surface area (Å²) >= 11 is 0. The Balaban J connectivity index is 1.64. The second-order valence-electron chi connectivity index (χ2n) is 7.57. The van der Waals surface area contributed by atoms with Gasteiger partial charge in [0.05, 0.1) is 17.1 Å². The van der Waals surface area contributed by atoms with Gasteiger partial charge in [-0.15, -0.1) is 0 Å². The lowest BCUT2D eigenvalue weighted by Crippen LogP contribution is -2.46. The van der Waals surface area contributed by atoms with E-state index in [2.05, 4.69) is 15.6 Å². The van der Waals surface area contributed by atoms with Crippen molar-refractivity contribution in [2.75, 3.05) is 11.3 Å². The summed E-state index contributed by atoms with van der Waals surface area (Å²) in [5.74, 6) is -0.892. The third kappa shape index (κ3) is 6.93. The van der Waals surface area contributed by atoms with E-state index in [1.807, 2.05) is 0 Å². The number of ether oxygens (including phenoxy) is 1. The van der Waals surface area contributed by atoms with Crippen molar-refractivity contribution in [3.05, 3.63) is 59.7 Å². The van der Waals surface area contributed by atoms with Crippen molar-refractivity contribution in [2.24, 2.45) is 5.92 Å². The molecule has 33 heavy (non-hydrogen) atoms. The second-order valence-corrected chi connectivity index (χ2v) is 9.26. The molecule has 3 N–H and O–H groups in total. The maximum atomic E-state index is 12.9. The van der Waals surface area contributed by atoms with E-state index in [-0.39, 0.29) is 16.1 Å². The van der Waals surface area contributed by atoms with Crippen LogP contribution in [0, 0.1) is 5.92 Å². The zero-order chi connectivity index (χ0) is 24.2. The molecule has 178 valence electrons. The number of carbonyl (C=O) groups is 2. The monoisotopic (exact) mass is 485 g/mol. The molecular weight excluding hydrogens is 463 g/mol. The smallest absolute Gasteiger partial charge is 0.368 e. The molecule has 8 nitrogen and oxygen atoms in total. The first-order valence-corrected chi connectivity index (χ1v) is 11.5. The molecule has 0 spiro atoms. The molecule has 1 atom stereocenters. The summed E-state index contributed by atoms with van der Waals surface area (Å²) in [4.78, 5) is 24.0. The standard InChI is InChI=1S/C21H22F3N3O5S/c1-13(32-12-14-8-9-14)19(28)25-26-20(29)15-4-2-7-18(10-15)33(30,31)27-17-6-3-5-16(11-17)21(22,23)24/h2-7,10-11,13-14,27H,8-9,12H2,1H3,(H,25,28)(H,26,29). The van der Waals surface area contributed by atoms with Gasteiger partial charge in [-0.25, -0.2) is 8.42 Å². The van der Waals surface area contributed by atoms with E-state index in [4.69, 9.17) is 4.74 Å². The van der Waals surface area contributed by atoms with Gasteiger partial charge in [-0.2, -0.15) is 13.2 Å². The molecule has 3 rings (SSSR count). The van der Waals surface area contributed by atoms with Gasteiger partial charge in [-0.05, 0) is 62.1 Å². The zero-order valence-electron chi connectivity index (χ0n) is 17.5. The Hall–Kier alpha value is -3.12. The summed E-state index contributed by atoms with van der Waals surface area (Å²) < 4.78 is 71.3. The van der Waals surface area contributed by atoms with Gasteiger partial charge in [0.1, 0.15) is 6.10 Å². The van der Waals surface area contributed by atoms with E-state index in [0.29, 0.717) is 18.6 Å². The summed E-state index contributed by atoms with van der Waals surface area (Å²) in [6.45, 7) is 2.00. The minimum Gasteiger partial charge on any atom is -0.368 e. The summed E-state index contributed by atoms with van der Waals surface area (Å²) in [6, 6.07) is 8.54. The molecule has 1 aliphatic carbocycles. The number of sulfonamides is 1. The minimum absolute atomic E-state index is 0.0891. The summed E-state index contributed by atoms with van der Waals surface area (Å²) in [5.41, 5.74) is 3.00. The largest absolute Gasteiger partial charge is 0.416 e. The maximum Gasteiger partial charge on any atom is 0.416 e. The van der Waals surface area contributed by atoms with Crippen LogP contribution < -0.4 is 15.6 Å². The van der Waals surface area contributed by atoms with Crippen molar-refractivity contribution in [3.63, 3.8) is 0 Å².